The Morgan fingerprint density at radius 2 is 1.91 bits per heavy atom. The quantitative estimate of drug-likeness (QED) is 0.451. The number of rotatable bonds is 11. The van der Waals surface area contributed by atoms with Crippen LogP contribution in [-0.2, 0) is 28.6 Å². The van der Waals surface area contributed by atoms with E-state index in [1.807, 2.05) is 13.8 Å². The Morgan fingerprint density at radius 3 is 2.41 bits per heavy atom. The van der Waals surface area contributed by atoms with Gasteiger partial charge in [0.25, 0.3) is 6.02 Å². The summed E-state index contributed by atoms with van der Waals surface area (Å²) in [5.74, 6) is -0.446. The van der Waals surface area contributed by atoms with Crippen LogP contribution < -0.4 is 5.73 Å². The molecule has 0 radical (unpaired) electrons. The van der Waals surface area contributed by atoms with Crippen molar-refractivity contribution in [2.45, 2.75) is 56.8 Å². The molecule has 190 valence electrons. The molecule has 2 unspecified atom stereocenters. The van der Waals surface area contributed by atoms with E-state index in [4.69, 9.17) is 15.6 Å². The topological polar surface area (TPSA) is 88.2 Å². The van der Waals surface area contributed by atoms with Crippen molar-refractivity contribution >= 4 is 17.0 Å². The van der Waals surface area contributed by atoms with E-state index in [1.54, 1.807) is 6.08 Å². The van der Waals surface area contributed by atoms with Crippen molar-refractivity contribution in [2.75, 3.05) is 27.2 Å². The molecule has 0 amide bonds. The third-order valence-electron chi connectivity index (χ3n) is 5.35. The minimum absolute atomic E-state index is 0.0147. The van der Waals surface area contributed by atoms with Crippen molar-refractivity contribution < 1.29 is 18.4 Å². The fourth-order valence-corrected chi connectivity index (χ4v) is 4.65. The third kappa shape index (κ3) is 10.8. The molecule has 1 heterocycles. The first-order valence-electron chi connectivity index (χ1n) is 11.4. The summed E-state index contributed by atoms with van der Waals surface area (Å²) in [6.45, 7) is 11.6. The van der Waals surface area contributed by atoms with Gasteiger partial charge in [0.05, 0.1) is 5.25 Å². The zero-order chi connectivity index (χ0) is 25.7. The summed E-state index contributed by atoms with van der Waals surface area (Å²) in [6.07, 6.45) is 7.03. The molecule has 1 aliphatic rings. The molecule has 0 spiro atoms. The lowest BCUT2D eigenvalue weighted by molar-refractivity contribution is 0.0848. The van der Waals surface area contributed by atoms with Gasteiger partial charge in [-0.3, -0.25) is 0 Å². The lowest BCUT2D eigenvalue weighted by atomic mass is 9.96. The average Bonchev–Trinajstić information content (AvgIpc) is 2.74. The van der Waals surface area contributed by atoms with E-state index in [0.717, 1.165) is 24.9 Å². The maximum atomic E-state index is 12.5. The van der Waals surface area contributed by atoms with E-state index in [0.29, 0.717) is 24.8 Å². The van der Waals surface area contributed by atoms with Crippen LogP contribution in [0, 0.1) is 0 Å². The van der Waals surface area contributed by atoms with Crippen LogP contribution in [0.4, 0.5) is 4.39 Å². The molecule has 34 heavy (non-hydrogen) atoms. The maximum Gasteiger partial charge on any atom is 0.296 e. The monoisotopic (exact) mass is 493 g/mol. The molecular weight excluding hydrogens is 453 g/mol. The fraction of sp³-hybridized carbons (Fsp3) is 0.500. The van der Waals surface area contributed by atoms with Gasteiger partial charge in [-0.1, -0.05) is 49.6 Å². The predicted molar refractivity (Wildman–Crippen MR) is 141 cm³/mol. The number of halogens is 1. The summed E-state index contributed by atoms with van der Waals surface area (Å²) < 4.78 is 34.2. The van der Waals surface area contributed by atoms with Gasteiger partial charge in [-0.2, -0.15) is 0 Å². The van der Waals surface area contributed by atoms with Gasteiger partial charge in [0, 0.05) is 6.61 Å². The molecule has 0 aliphatic carbocycles. The Balaban J connectivity index is 0.000000445. The molecule has 1 aromatic carbocycles. The molecule has 1 aromatic rings. The predicted octanol–water partition coefficient (Wildman–Crippen LogP) is 4.23. The second-order valence-corrected chi connectivity index (χ2v) is 10.3. The van der Waals surface area contributed by atoms with Crippen molar-refractivity contribution in [3.8, 4) is 0 Å². The first-order chi connectivity index (χ1) is 16.0. The minimum Gasteiger partial charge on any atom is -0.457 e. The van der Waals surface area contributed by atoms with Crippen molar-refractivity contribution in [1.82, 2.24) is 4.90 Å². The normalized spacial score (nSPS) is 19.5. The van der Waals surface area contributed by atoms with Crippen molar-refractivity contribution in [1.29, 1.82) is 0 Å². The first-order valence-corrected chi connectivity index (χ1v) is 12.6. The molecule has 8 heteroatoms. The highest BCUT2D eigenvalue weighted by atomic mass is 32.2. The highest BCUT2D eigenvalue weighted by Crippen LogP contribution is 2.27. The largest absolute Gasteiger partial charge is 0.457 e. The number of aliphatic hydroxyl groups excluding tert-OH is 1. The minimum atomic E-state index is -1.36. The Hall–Kier alpha value is -2.29. The number of nitrogens with zero attached hydrogens (tertiary/aromatic N) is 2. The SMILES string of the molecule is C=C/C=C(/CCCO)C(=C)F.CN(C)CCCc1ccc(CC2S(=O)N=C(N)OC2(C)C)cc1. The van der Waals surface area contributed by atoms with Gasteiger partial charge in [-0.05, 0) is 83.3 Å². The molecule has 0 bridgehead atoms. The Kier molecular flexibility index (Phi) is 13.0. The van der Waals surface area contributed by atoms with Crippen molar-refractivity contribution in [2.24, 2.45) is 10.1 Å². The van der Waals surface area contributed by atoms with Gasteiger partial charge < -0.3 is 20.5 Å². The van der Waals surface area contributed by atoms with Crippen LogP contribution >= 0.6 is 0 Å². The van der Waals surface area contributed by atoms with Crippen LogP contribution in [-0.4, -0.2) is 58.3 Å². The number of ether oxygens (including phenoxy) is 1. The van der Waals surface area contributed by atoms with E-state index >= 15 is 0 Å². The number of nitrogens with two attached hydrogens (primary N) is 1. The fourth-order valence-electron chi connectivity index (χ4n) is 3.44. The molecule has 0 saturated carbocycles. The lowest BCUT2D eigenvalue weighted by Crippen LogP contribution is -2.49. The summed E-state index contributed by atoms with van der Waals surface area (Å²) in [5.41, 5.74) is 7.98. The molecular formula is C26H40FN3O3S. The van der Waals surface area contributed by atoms with E-state index in [1.165, 1.54) is 11.6 Å². The smallest absolute Gasteiger partial charge is 0.296 e. The van der Waals surface area contributed by atoms with Crippen LogP contribution in [0.5, 0.6) is 0 Å². The van der Waals surface area contributed by atoms with Crippen LogP contribution in [0.1, 0.15) is 44.2 Å². The van der Waals surface area contributed by atoms with Gasteiger partial charge in [0.2, 0.25) is 0 Å². The summed E-state index contributed by atoms with van der Waals surface area (Å²) >= 11 is 0. The second-order valence-electron chi connectivity index (χ2n) is 8.99. The summed E-state index contributed by atoms with van der Waals surface area (Å²) in [5, 5.41) is 8.26. The molecule has 0 saturated heterocycles. The molecule has 3 N–H and O–H groups in total. The molecule has 2 atom stereocenters. The molecule has 6 nitrogen and oxygen atoms in total. The second kappa shape index (κ2) is 14.9. The van der Waals surface area contributed by atoms with Crippen LogP contribution in [0.25, 0.3) is 0 Å². The van der Waals surface area contributed by atoms with E-state index < -0.39 is 22.4 Å². The van der Waals surface area contributed by atoms with Gasteiger partial charge >= 0.3 is 0 Å². The highest BCUT2D eigenvalue weighted by molar-refractivity contribution is 7.84. The third-order valence-corrected chi connectivity index (χ3v) is 6.93. The number of amidine groups is 1. The Morgan fingerprint density at radius 1 is 1.29 bits per heavy atom. The highest BCUT2D eigenvalue weighted by Gasteiger charge is 2.40. The van der Waals surface area contributed by atoms with Gasteiger partial charge in [-0.25, -0.2) is 8.60 Å². The van der Waals surface area contributed by atoms with Gasteiger partial charge in [0.15, 0.2) is 11.0 Å². The molecule has 0 aromatic heterocycles. The van der Waals surface area contributed by atoms with Crippen molar-refractivity contribution in [3.05, 3.63) is 72.1 Å². The summed E-state index contributed by atoms with van der Waals surface area (Å²) in [7, 11) is 2.82. The van der Waals surface area contributed by atoms with Crippen molar-refractivity contribution in [3.63, 3.8) is 0 Å². The van der Waals surface area contributed by atoms with E-state index in [2.05, 4.69) is 60.8 Å². The molecule has 0 fully saturated rings. The lowest BCUT2D eigenvalue weighted by Gasteiger charge is -2.35. The molecule has 1 aliphatic heterocycles. The first kappa shape index (κ1) is 29.7. The number of allylic oxidation sites excluding steroid dienone is 4. The van der Waals surface area contributed by atoms with Gasteiger partial charge in [0.1, 0.15) is 11.4 Å². The molecule has 2 rings (SSSR count). The van der Waals surface area contributed by atoms with Gasteiger partial charge in [-0.15, -0.1) is 4.40 Å². The average molecular weight is 494 g/mol. The number of aliphatic hydroxyl groups is 1. The Bertz CT molecular complexity index is 880. The maximum absolute atomic E-state index is 12.5. The standard InChI is InChI=1S/C17H27N3O2S.C9H13FO/c1-17(2)15(23(21)19-16(18)22-17)12-14-9-7-13(8-10-14)6-5-11-20(3)4;1-3-5-9(8(2)10)6-4-7-11/h7-10,15H,5-6,11-12H2,1-4H3,(H2,18,19);3,5,11H,1-2,4,6-7H2/b;9-5-. The van der Waals surface area contributed by atoms with Crippen LogP contribution in [0.3, 0.4) is 0 Å². The van der Waals surface area contributed by atoms with E-state index in [-0.39, 0.29) is 17.9 Å². The van der Waals surface area contributed by atoms with E-state index in [9.17, 15) is 8.60 Å². The summed E-state index contributed by atoms with van der Waals surface area (Å²) in [4.78, 5) is 2.20. The zero-order valence-electron chi connectivity index (χ0n) is 20.9. The number of hydrogen-bond acceptors (Lipinski definition) is 5. The van der Waals surface area contributed by atoms with Crippen LogP contribution in [0.15, 0.2) is 65.4 Å². The zero-order valence-corrected chi connectivity index (χ0v) is 21.7. The van der Waals surface area contributed by atoms with Crippen LogP contribution in [0.2, 0.25) is 0 Å². The number of hydrogen-bond donors (Lipinski definition) is 2. The number of benzene rings is 1. The summed E-state index contributed by atoms with van der Waals surface area (Å²) in [6, 6.07) is 8.55. The Labute approximate surface area is 206 Å². The number of aryl methyl sites for hydroxylation is 1.